The van der Waals surface area contributed by atoms with E-state index in [0.29, 0.717) is 0 Å². The molecule has 3 nitrogen and oxygen atoms in total. The predicted molar refractivity (Wildman–Crippen MR) is 50.3 cm³/mol. The number of hydrogen-bond donors (Lipinski definition) is 0. The van der Waals surface area contributed by atoms with Crippen LogP contribution in [0.4, 0.5) is 8.78 Å². The molecular weight excluding hydrogens is 228 g/mol. The van der Waals surface area contributed by atoms with Crippen LogP contribution in [0.3, 0.4) is 0 Å². The van der Waals surface area contributed by atoms with Crippen LogP contribution in [0, 0.1) is 6.92 Å². The summed E-state index contributed by atoms with van der Waals surface area (Å²) in [5.74, 6) is -0.699. The Bertz CT molecular complexity index is 396. The van der Waals surface area contributed by atoms with Crippen molar-refractivity contribution in [2.24, 2.45) is 0 Å². The first-order valence-electron chi connectivity index (χ1n) is 4.00. The average Bonchev–Trinajstić information content (AvgIpc) is 2.20. The van der Waals surface area contributed by atoms with Crippen molar-refractivity contribution in [1.82, 2.24) is 4.98 Å². The van der Waals surface area contributed by atoms with E-state index in [4.69, 9.17) is 11.6 Å². The largest absolute Gasteiger partial charge is 0.464 e. The first kappa shape index (κ1) is 11.8. The molecule has 0 spiro atoms. The van der Waals surface area contributed by atoms with E-state index in [1.165, 1.54) is 14.0 Å². The molecule has 1 heterocycles. The molecule has 0 atom stereocenters. The van der Waals surface area contributed by atoms with E-state index in [2.05, 4.69) is 9.72 Å². The fourth-order valence-electron chi connectivity index (χ4n) is 1.06. The highest BCUT2D eigenvalue weighted by molar-refractivity contribution is 6.32. The lowest BCUT2D eigenvalue weighted by Gasteiger charge is -2.08. The number of methoxy groups -OCH3 is 1. The van der Waals surface area contributed by atoms with E-state index >= 15 is 0 Å². The molecule has 0 saturated heterocycles. The van der Waals surface area contributed by atoms with Crippen LogP contribution in [0.1, 0.15) is 28.0 Å². The van der Waals surface area contributed by atoms with Gasteiger partial charge in [0.25, 0.3) is 6.43 Å². The van der Waals surface area contributed by atoms with Gasteiger partial charge in [0.1, 0.15) is 0 Å². The number of nitrogens with zero attached hydrogens (tertiary/aromatic N) is 1. The lowest BCUT2D eigenvalue weighted by Crippen LogP contribution is -2.08. The summed E-state index contributed by atoms with van der Waals surface area (Å²) in [7, 11) is 1.18. The van der Waals surface area contributed by atoms with Gasteiger partial charge >= 0.3 is 5.97 Å². The zero-order valence-corrected chi connectivity index (χ0v) is 8.81. The van der Waals surface area contributed by atoms with Crippen LogP contribution in [-0.4, -0.2) is 18.1 Å². The molecule has 0 aliphatic rings. The van der Waals surface area contributed by atoms with E-state index in [9.17, 15) is 13.6 Å². The number of halogens is 3. The molecule has 0 N–H and O–H groups in total. The molecule has 0 radical (unpaired) electrons. The van der Waals surface area contributed by atoms with E-state index in [1.54, 1.807) is 0 Å². The molecule has 0 fully saturated rings. The monoisotopic (exact) mass is 235 g/mol. The zero-order chi connectivity index (χ0) is 11.6. The van der Waals surface area contributed by atoms with Gasteiger partial charge in [0, 0.05) is 11.8 Å². The van der Waals surface area contributed by atoms with Crippen molar-refractivity contribution in [3.8, 4) is 0 Å². The molecule has 0 aliphatic heterocycles. The van der Waals surface area contributed by atoms with Crippen LogP contribution < -0.4 is 0 Å². The number of pyridine rings is 1. The molecule has 82 valence electrons. The number of carbonyl (C=O) groups excluding carboxylic acids is 1. The SMILES string of the molecule is COC(=O)c1ncc(C(F)F)c(Cl)c1C. The number of rotatable bonds is 2. The van der Waals surface area contributed by atoms with Gasteiger partial charge in [0.05, 0.1) is 17.7 Å². The van der Waals surface area contributed by atoms with Gasteiger partial charge in [-0.15, -0.1) is 0 Å². The molecule has 15 heavy (non-hydrogen) atoms. The van der Waals surface area contributed by atoms with Crippen molar-refractivity contribution in [3.05, 3.63) is 28.0 Å². The van der Waals surface area contributed by atoms with Crippen LogP contribution >= 0.6 is 11.6 Å². The minimum atomic E-state index is -2.71. The third-order valence-corrected chi connectivity index (χ3v) is 2.39. The number of ether oxygens (including phenoxy) is 1. The Labute approximate surface area is 90.0 Å². The summed E-state index contributed by atoms with van der Waals surface area (Å²) < 4.78 is 29.2. The lowest BCUT2D eigenvalue weighted by atomic mass is 10.1. The molecule has 0 aromatic carbocycles. The average molecular weight is 236 g/mol. The minimum Gasteiger partial charge on any atom is -0.464 e. The summed E-state index contributed by atoms with van der Waals surface area (Å²) in [6.45, 7) is 1.44. The maximum atomic E-state index is 12.4. The van der Waals surface area contributed by atoms with Crippen LogP contribution in [-0.2, 0) is 4.74 Å². The second-order valence-corrected chi connectivity index (χ2v) is 3.17. The number of carbonyl (C=O) groups is 1. The van der Waals surface area contributed by atoms with Gasteiger partial charge in [-0.2, -0.15) is 0 Å². The third kappa shape index (κ3) is 2.23. The summed E-state index contributed by atoms with van der Waals surface area (Å²) in [4.78, 5) is 14.7. The Balaban J connectivity index is 3.27. The molecular formula is C9H8ClF2NO2. The number of hydrogen-bond acceptors (Lipinski definition) is 3. The molecule has 0 unspecified atom stereocenters. The Morgan fingerprint density at radius 3 is 2.67 bits per heavy atom. The van der Waals surface area contributed by atoms with Gasteiger partial charge in [-0.3, -0.25) is 0 Å². The van der Waals surface area contributed by atoms with Crippen LogP contribution in [0.15, 0.2) is 6.20 Å². The molecule has 1 rings (SSSR count). The zero-order valence-electron chi connectivity index (χ0n) is 8.05. The number of aromatic nitrogens is 1. The summed E-state index contributed by atoms with van der Waals surface area (Å²) in [6, 6.07) is 0. The molecule has 0 amide bonds. The van der Waals surface area contributed by atoms with Gasteiger partial charge in [-0.25, -0.2) is 18.6 Å². The smallest absolute Gasteiger partial charge is 0.356 e. The minimum absolute atomic E-state index is 0.0492. The quantitative estimate of drug-likeness (QED) is 0.740. The highest BCUT2D eigenvalue weighted by Crippen LogP contribution is 2.30. The highest BCUT2D eigenvalue weighted by Gasteiger charge is 2.20. The van der Waals surface area contributed by atoms with Crippen molar-refractivity contribution in [2.45, 2.75) is 13.3 Å². The maximum absolute atomic E-state index is 12.4. The van der Waals surface area contributed by atoms with Crippen molar-refractivity contribution in [3.63, 3.8) is 0 Å². The summed E-state index contributed by atoms with van der Waals surface area (Å²) in [5.41, 5.74) is -0.241. The Kier molecular flexibility index (Phi) is 3.57. The van der Waals surface area contributed by atoms with Gasteiger partial charge in [-0.1, -0.05) is 11.6 Å². The standard InChI is InChI=1S/C9H8ClF2NO2/c1-4-6(10)5(8(11)12)3-13-7(4)9(14)15-2/h3,8H,1-2H3. The fourth-order valence-corrected chi connectivity index (χ4v) is 1.28. The van der Waals surface area contributed by atoms with E-state index in [-0.39, 0.29) is 21.8 Å². The molecule has 0 aliphatic carbocycles. The molecule has 0 bridgehead atoms. The van der Waals surface area contributed by atoms with E-state index in [0.717, 1.165) is 6.20 Å². The maximum Gasteiger partial charge on any atom is 0.356 e. The summed E-state index contributed by atoms with van der Waals surface area (Å²) in [6.07, 6.45) is -1.83. The van der Waals surface area contributed by atoms with Crippen LogP contribution in [0.5, 0.6) is 0 Å². The molecule has 1 aromatic rings. The first-order chi connectivity index (χ1) is 6.99. The number of esters is 1. The van der Waals surface area contributed by atoms with Crippen molar-refractivity contribution in [1.29, 1.82) is 0 Å². The normalized spacial score (nSPS) is 10.5. The van der Waals surface area contributed by atoms with Crippen molar-refractivity contribution >= 4 is 17.6 Å². The van der Waals surface area contributed by atoms with Gasteiger partial charge in [-0.05, 0) is 6.92 Å². The lowest BCUT2D eigenvalue weighted by molar-refractivity contribution is 0.0592. The van der Waals surface area contributed by atoms with Gasteiger partial charge in [0.2, 0.25) is 0 Å². The van der Waals surface area contributed by atoms with Gasteiger partial charge < -0.3 is 4.74 Å². The topological polar surface area (TPSA) is 39.2 Å². The summed E-state index contributed by atoms with van der Waals surface area (Å²) in [5, 5.41) is -0.152. The predicted octanol–water partition coefficient (Wildman–Crippen LogP) is 2.77. The Hall–Kier alpha value is -1.23. The van der Waals surface area contributed by atoms with Crippen molar-refractivity contribution < 1.29 is 18.3 Å². The second kappa shape index (κ2) is 4.53. The van der Waals surface area contributed by atoms with Crippen LogP contribution in [0.2, 0.25) is 5.02 Å². The fraction of sp³-hybridized carbons (Fsp3) is 0.333. The number of alkyl halides is 2. The second-order valence-electron chi connectivity index (χ2n) is 2.79. The first-order valence-corrected chi connectivity index (χ1v) is 4.38. The molecule has 0 saturated carbocycles. The van der Waals surface area contributed by atoms with E-state index < -0.39 is 12.4 Å². The van der Waals surface area contributed by atoms with Crippen LogP contribution in [0.25, 0.3) is 0 Å². The third-order valence-electron chi connectivity index (χ3n) is 1.88. The van der Waals surface area contributed by atoms with Gasteiger partial charge in [0.15, 0.2) is 5.69 Å². The highest BCUT2D eigenvalue weighted by atomic mass is 35.5. The Morgan fingerprint density at radius 2 is 2.20 bits per heavy atom. The summed E-state index contributed by atoms with van der Waals surface area (Å²) >= 11 is 5.67. The molecule has 1 aromatic heterocycles. The van der Waals surface area contributed by atoms with E-state index in [1.807, 2.05) is 0 Å². The Morgan fingerprint density at radius 1 is 1.60 bits per heavy atom. The van der Waals surface area contributed by atoms with Crippen molar-refractivity contribution in [2.75, 3.05) is 7.11 Å². The molecule has 6 heteroatoms.